The van der Waals surface area contributed by atoms with Crippen LogP contribution in [0, 0.1) is 0 Å². The molecule has 0 bridgehead atoms. The smallest absolute Gasteiger partial charge is 0.344 e. The van der Waals surface area contributed by atoms with Crippen molar-refractivity contribution in [2.24, 2.45) is 5.16 Å². The molecule has 0 aliphatic heterocycles. The van der Waals surface area contributed by atoms with Gasteiger partial charge in [0.1, 0.15) is 0 Å². The van der Waals surface area contributed by atoms with Gasteiger partial charge in [-0.25, -0.2) is 4.79 Å². The quantitative estimate of drug-likeness (QED) is 0.657. The molecule has 0 saturated carbocycles. The standard InChI is InChI=1S/C9H7Cl2NO3/c10-7-2-1-6(3-8(7)11)4-12-15-5-9(13)14/h1-4H,5H2,(H,13,14)/b12-4+. The molecule has 0 unspecified atom stereocenters. The molecule has 0 atom stereocenters. The van der Waals surface area contributed by atoms with Crippen molar-refractivity contribution in [2.75, 3.05) is 6.61 Å². The Morgan fingerprint density at radius 2 is 2.20 bits per heavy atom. The Morgan fingerprint density at radius 1 is 1.47 bits per heavy atom. The van der Waals surface area contributed by atoms with Crippen LogP contribution in [0.4, 0.5) is 0 Å². The van der Waals surface area contributed by atoms with Gasteiger partial charge in [-0.15, -0.1) is 0 Å². The first kappa shape index (κ1) is 11.8. The normalized spacial score (nSPS) is 10.5. The molecule has 80 valence electrons. The lowest BCUT2D eigenvalue weighted by atomic mass is 10.2. The fourth-order valence-corrected chi connectivity index (χ4v) is 1.09. The number of nitrogens with zero attached hydrogens (tertiary/aromatic N) is 1. The zero-order valence-corrected chi connectivity index (χ0v) is 9.00. The number of aliphatic carboxylic acids is 1. The third-order valence-corrected chi connectivity index (χ3v) is 2.15. The minimum Gasteiger partial charge on any atom is -0.479 e. The van der Waals surface area contributed by atoms with Crippen molar-refractivity contribution in [2.45, 2.75) is 0 Å². The van der Waals surface area contributed by atoms with E-state index in [9.17, 15) is 4.79 Å². The van der Waals surface area contributed by atoms with E-state index in [2.05, 4.69) is 9.99 Å². The Bertz CT molecular complexity index is 393. The number of rotatable bonds is 4. The highest BCUT2D eigenvalue weighted by molar-refractivity contribution is 6.42. The van der Waals surface area contributed by atoms with Crippen LogP contribution >= 0.6 is 23.2 Å². The predicted molar refractivity (Wildman–Crippen MR) is 57.6 cm³/mol. The molecule has 6 heteroatoms. The van der Waals surface area contributed by atoms with Crippen LogP contribution in [0.25, 0.3) is 0 Å². The second-order valence-electron chi connectivity index (χ2n) is 2.58. The van der Waals surface area contributed by atoms with Crippen LogP contribution < -0.4 is 0 Å². The lowest BCUT2D eigenvalue weighted by molar-refractivity contribution is -0.142. The first-order chi connectivity index (χ1) is 7.09. The Kier molecular flexibility index (Phi) is 4.39. The summed E-state index contributed by atoms with van der Waals surface area (Å²) in [5, 5.41) is 12.5. The van der Waals surface area contributed by atoms with Crippen LogP contribution in [0.2, 0.25) is 10.0 Å². The Hall–Kier alpha value is -1.26. The Labute approximate surface area is 96.1 Å². The van der Waals surface area contributed by atoms with Gasteiger partial charge in [0.05, 0.1) is 16.3 Å². The second-order valence-corrected chi connectivity index (χ2v) is 3.39. The van der Waals surface area contributed by atoms with E-state index >= 15 is 0 Å². The van der Waals surface area contributed by atoms with Crippen molar-refractivity contribution in [3.8, 4) is 0 Å². The highest BCUT2D eigenvalue weighted by Gasteiger charge is 1.97. The summed E-state index contributed by atoms with van der Waals surface area (Å²) in [6.45, 7) is -0.474. The van der Waals surface area contributed by atoms with Crippen molar-refractivity contribution in [1.29, 1.82) is 0 Å². The molecule has 0 fully saturated rings. The van der Waals surface area contributed by atoms with E-state index in [1.807, 2.05) is 0 Å². The van der Waals surface area contributed by atoms with Crippen LogP contribution in [0.3, 0.4) is 0 Å². The number of carboxylic acids is 1. The minimum absolute atomic E-state index is 0.402. The van der Waals surface area contributed by atoms with Crippen molar-refractivity contribution < 1.29 is 14.7 Å². The molecular weight excluding hydrogens is 241 g/mol. The Morgan fingerprint density at radius 3 is 2.80 bits per heavy atom. The van der Waals surface area contributed by atoms with Gasteiger partial charge < -0.3 is 9.94 Å². The van der Waals surface area contributed by atoms with Crippen LogP contribution in [-0.2, 0) is 9.63 Å². The van der Waals surface area contributed by atoms with Gasteiger partial charge in [-0.2, -0.15) is 0 Å². The molecule has 0 heterocycles. The topological polar surface area (TPSA) is 58.9 Å². The van der Waals surface area contributed by atoms with Crippen LogP contribution in [0.15, 0.2) is 23.4 Å². The van der Waals surface area contributed by atoms with Gasteiger partial charge in [-0.05, 0) is 17.7 Å². The summed E-state index contributed by atoms with van der Waals surface area (Å²) >= 11 is 11.4. The predicted octanol–water partition coefficient (Wildman–Crippen LogP) is 2.43. The summed E-state index contributed by atoms with van der Waals surface area (Å²) in [5.41, 5.74) is 0.676. The summed E-state index contributed by atoms with van der Waals surface area (Å²) in [6, 6.07) is 4.89. The van der Waals surface area contributed by atoms with E-state index in [4.69, 9.17) is 28.3 Å². The summed E-state index contributed by atoms with van der Waals surface area (Å²) in [4.78, 5) is 14.5. The van der Waals surface area contributed by atoms with Crippen molar-refractivity contribution >= 4 is 35.4 Å². The largest absolute Gasteiger partial charge is 0.479 e. The average Bonchev–Trinajstić information content (AvgIpc) is 2.18. The van der Waals surface area contributed by atoms with Crippen molar-refractivity contribution in [1.82, 2.24) is 0 Å². The molecule has 1 aromatic rings. The van der Waals surface area contributed by atoms with Gasteiger partial charge in [0, 0.05) is 0 Å². The first-order valence-electron chi connectivity index (χ1n) is 3.92. The van der Waals surface area contributed by atoms with Crippen LogP contribution in [-0.4, -0.2) is 23.9 Å². The highest BCUT2D eigenvalue weighted by Crippen LogP contribution is 2.21. The molecule has 4 nitrogen and oxygen atoms in total. The lowest BCUT2D eigenvalue weighted by Crippen LogP contribution is -2.03. The van der Waals surface area contributed by atoms with Crippen LogP contribution in [0.5, 0.6) is 0 Å². The molecule has 0 amide bonds. The number of oxime groups is 1. The molecule has 0 aromatic heterocycles. The SMILES string of the molecule is O=C(O)CO/N=C/c1ccc(Cl)c(Cl)c1. The van der Waals surface area contributed by atoms with Crippen molar-refractivity contribution in [3.63, 3.8) is 0 Å². The molecule has 1 rings (SSSR count). The first-order valence-corrected chi connectivity index (χ1v) is 4.67. The number of carboxylic acid groups (broad SMARTS) is 1. The zero-order valence-electron chi connectivity index (χ0n) is 7.48. The van der Waals surface area contributed by atoms with E-state index < -0.39 is 12.6 Å². The maximum absolute atomic E-state index is 10.1. The van der Waals surface area contributed by atoms with Gasteiger partial charge in [0.15, 0.2) is 0 Å². The zero-order chi connectivity index (χ0) is 11.3. The monoisotopic (exact) mass is 247 g/mol. The molecule has 1 aromatic carbocycles. The summed E-state index contributed by atoms with van der Waals surface area (Å²) in [5.74, 6) is -1.08. The van der Waals surface area contributed by atoms with Gasteiger partial charge in [0.2, 0.25) is 6.61 Å². The van der Waals surface area contributed by atoms with E-state index in [1.54, 1.807) is 18.2 Å². The summed E-state index contributed by atoms with van der Waals surface area (Å²) in [6.07, 6.45) is 1.35. The van der Waals surface area contributed by atoms with E-state index in [0.717, 1.165) is 0 Å². The third kappa shape index (κ3) is 4.18. The molecule has 0 spiro atoms. The van der Waals surface area contributed by atoms with Crippen LogP contribution in [0.1, 0.15) is 5.56 Å². The number of hydrogen-bond donors (Lipinski definition) is 1. The average molecular weight is 248 g/mol. The molecule has 15 heavy (non-hydrogen) atoms. The summed E-state index contributed by atoms with van der Waals surface area (Å²) < 4.78 is 0. The third-order valence-electron chi connectivity index (χ3n) is 1.41. The maximum Gasteiger partial charge on any atom is 0.344 e. The van der Waals surface area contributed by atoms with E-state index in [-0.39, 0.29) is 0 Å². The molecule has 1 N–H and O–H groups in total. The van der Waals surface area contributed by atoms with Gasteiger partial charge >= 0.3 is 5.97 Å². The highest BCUT2D eigenvalue weighted by atomic mass is 35.5. The van der Waals surface area contributed by atoms with Gasteiger partial charge in [-0.3, -0.25) is 0 Å². The number of carbonyl (C=O) groups is 1. The minimum atomic E-state index is -1.08. The number of benzene rings is 1. The van der Waals surface area contributed by atoms with Crippen molar-refractivity contribution in [3.05, 3.63) is 33.8 Å². The van der Waals surface area contributed by atoms with E-state index in [0.29, 0.717) is 15.6 Å². The second kappa shape index (κ2) is 5.58. The van der Waals surface area contributed by atoms with Gasteiger partial charge in [-0.1, -0.05) is 34.4 Å². The Balaban J connectivity index is 2.57. The molecule has 0 aliphatic rings. The molecule has 0 aliphatic carbocycles. The lowest BCUT2D eigenvalue weighted by Gasteiger charge is -1.97. The number of halogens is 2. The summed E-state index contributed by atoms with van der Waals surface area (Å²) in [7, 11) is 0. The molecular formula is C9H7Cl2NO3. The fraction of sp³-hybridized carbons (Fsp3) is 0.111. The fourth-order valence-electron chi connectivity index (χ4n) is 0.783. The van der Waals surface area contributed by atoms with E-state index in [1.165, 1.54) is 6.21 Å². The molecule has 0 saturated heterocycles. The maximum atomic E-state index is 10.1. The van der Waals surface area contributed by atoms with Gasteiger partial charge in [0.25, 0.3) is 0 Å². The number of hydrogen-bond acceptors (Lipinski definition) is 3. The molecule has 0 radical (unpaired) electrons.